The van der Waals surface area contributed by atoms with Crippen molar-refractivity contribution in [2.45, 2.75) is 65.1 Å². The zero-order valence-electron chi connectivity index (χ0n) is 18.5. The highest BCUT2D eigenvalue weighted by atomic mass is 16.4. The molecular weight excluding hydrogens is 404 g/mol. The largest absolute Gasteiger partial charge is 0.480 e. The number of hydrogen-bond donors (Lipinski definition) is 6. The van der Waals surface area contributed by atoms with Gasteiger partial charge in [0.1, 0.15) is 18.1 Å². The second-order valence-electron chi connectivity index (χ2n) is 8.01. The number of nitrogens with one attached hydrogen (secondary N) is 4. The third-order valence-corrected chi connectivity index (χ3v) is 4.93. The Kier molecular flexibility index (Phi) is 10.7. The van der Waals surface area contributed by atoms with Gasteiger partial charge in [0, 0.05) is 18.3 Å². The molecule has 0 saturated heterocycles. The van der Waals surface area contributed by atoms with E-state index in [9.17, 15) is 24.3 Å². The summed E-state index contributed by atoms with van der Waals surface area (Å²) >= 11 is 0. The van der Waals surface area contributed by atoms with Crippen LogP contribution in [0.3, 0.4) is 0 Å². The number of aromatic nitrogens is 2. The molecule has 0 fully saturated rings. The zero-order valence-corrected chi connectivity index (χ0v) is 18.5. The van der Waals surface area contributed by atoms with E-state index < -0.39 is 41.8 Å². The highest BCUT2D eigenvalue weighted by Crippen LogP contribution is 2.10. The smallest absolute Gasteiger partial charge is 0.326 e. The first-order valence-electron chi connectivity index (χ1n) is 10.4. The van der Waals surface area contributed by atoms with Gasteiger partial charge in [-0.1, -0.05) is 34.1 Å². The SMILES string of the molecule is CCC(C)C(NC(=O)C(Cc1cnc[nH]1)NC(=O)C(CC(C)C)NC(=O)CN)C(=O)O. The predicted octanol–water partition coefficient (Wildman–Crippen LogP) is -0.458. The number of rotatable bonds is 13. The summed E-state index contributed by atoms with van der Waals surface area (Å²) in [4.78, 5) is 55.9. The van der Waals surface area contributed by atoms with Crippen LogP contribution in [0.2, 0.25) is 0 Å². The van der Waals surface area contributed by atoms with Gasteiger partial charge in [-0.15, -0.1) is 0 Å². The summed E-state index contributed by atoms with van der Waals surface area (Å²) in [5, 5.41) is 17.2. The van der Waals surface area contributed by atoms with E-state index in [-0.39, 0.29) is 24.8 Å². The van der Waals surface area contributed by atoms with Crippen LogP contribution < -0.4 is 21.7 Å². The molecule has 0 saturated carbocycles. The molecule has 3 amide bonds. The first-order valence-corrected chi connectivity index (χ1v) is 10.4. The van der Waals surface area contributed by atoms with E-state index >= 15 is 0 Å². The van der Waals surface area contributed by atoms with E-state index in [1.165, 1.54) is 12.5 Å². The van der Waals surface area contributed by atoms with Gasteiger partial charge < -0.3 is 31.8 Å². The third-order valence-electron chi connectivity index (χ3n) is 4.93. The number of nitrogens with two attached hydrogens (primary N) is 1. The molecule has 0 radical (unpaired) electrons. The summed E-state index contributed by atoms with van der Waals surface area (Å²) in [6.45, 7) is 7.07. The van der Waals surface area contributed by atoms with Crippen LogP contribution in [-0.2, 0) is 25.6 Å². The standard InChI is InChI=1S/C20H34N6O5/c1-5-12(4)17(20(30)31)26-19(29)15(7-13-9-22-10-23-13)25-18(28)14(6-11(2)3)24-16(27)8-21/h9-12,14-15,17H,5-8,21H2,1-4H3,(H,22,23)(H,24,27)(H,25,28)(H,26,29)(H,30,31). The average molecular weight is 439 g/mol. The minimum atomic E-state index is -1.15. The van der Waals surface area contributed by atoms with Crippen molar-refractivity contribution in [3.05, 3.63) is 18.2 Å². The van der Waals surface area contributed by atoms with Crippen LogP contribution in [0.5, 0.6) is 0 Å². The Labute approximate surface area is 181 Å². The number of carbonyl (C=O) groups is 4. The van der Waals surface area contributed by atoms with Crippen LogP contribution >= 0.6 is 0 Å². The minimum absolute atomic E-state index is 0.0731. The molecule has 0 spiro atoms. The van der Waals surface area contributed by atoms with Gasteiger partial charge in [0.25, 0.3) is 0 Å². The molecule has 11 nitrogen and oxygen atoms in total. The summed E-state index contributed by atoms with van der Waals surface area (Å²) in [5.41, 5.74) is 5.93. The molecule has 11 heteroatoms. The fourth-order valence-corrected chi connectivity index (χ4v) is 2.99. The Morgan fingerprint density at radius 1 is 1.10 bits per heavy atom. The van der Waals surface area contributed by atoms with Crippen molar-refractivity contribution in [1.29, 1.82) is 0 Å². The molecule has 0 bridgehead atoms. The Morgan fingerprint density at radius 2 is 1.74 bits per heavy atom. The molecule has 0 aliphatic rings. The zero-order chi connectivity index (χ0) is 23.6. The molecule has 7 N–H and O–H groups in total. The predicted molar refractivity (Wildman–Crippen MR) is 114 cm³/mol. The maximum absolute atomic E-state index is 12.9. The first-order chi connectivity index (χ1) is 14.6. The molecule has 174 valence electrons. The first kappa shape index (κ1) is 26.1. The fraction of sp³-hybridized carbons (Fsp3) is 0.650. The van der Waals surface area contributed by atoms with Crippen LogP contribution in [0.4, 0.5) is 0 Å². The van der Waals surface area contributed by atoms with Crippen LogP contribution in [0.1, 0.15) is 46.2 Å². The van der Waals surface area contributed by atoms with Crippen molar-refractivity contribution in [2.75, 3.05) is 6.54 Å². The molecule has 0 aliphatic carbocycles. The molecule has 1 rings (SSSR count). The topological polar surface area (TPSA) is 179 Å². The number of carboxylic acid groups (broad SMARTS) is 1. The molecule has 4 unspecified atom stereocenters. The van der Waals surface area contributed by atoms with Gasteiger partial charge >= 0.3 is 5.97 Å². The van der Waals surface area contributed by atoms with Gasteiger partial charge in [-0.3, -0.25) is 14.4 Å². The number of amides is 3. The Bertz CT molecular complexity index is 736. The minimum Gasteiger partial charge on any atom is -0.480 e. The molecule has 4 atom stereocenters. The lowest BCUT2D eigenvalue weighted by atomic mass is 9.98. The Morgan fingerprint density at radius 3 is 2.23 bits per heavy atom. The molecular formula is C20H34N6O5. The van der Waals surface area contributed by atoms with E-state index in [1.54, 1.807) is 6.92 Å². The van der Waals surface area contributed by atoms with Crippen molar-refractivity contribution >= 4 is 23.7 Å². The molecule has 1 heterocycles. The summed E-state index contributed by atoms with van der Waals surface area (Å²) in [5.74, 6) is -3.03. The number of aliphatic carboxylic acids is 1. The van der Waals surface area contributed by atoms with Crippen molar-refractivity contribution in [2.24, 2.45) is 17.6 Å². The van der Waals surface area contributed by atoms with Crippen molar-refractivity contribution in [3.8, 4) is 0 Å². The van der Waals surface area contributed by atoms with Crippen molar-refractivity contribution in [3.63, 3.8) is 0 Å². The number of hydrogen-bond acceptors (Lipinski definition) is 6. The van der Waals surface area contributed by atoms with E-state index in [2.05, 4.69) is 25.9 Å². The lowest BCUT2D eigenvalue weighted by Crippen LogP contribution is -2.57. The van der Waals surface area contributed by atoms with E-state index in [4.69, 9.17) is 5.73 Å². The maximum atomic E-state index is 12.9. The lowest BCUT2D eigenvalue weighted by Gasteiger charge is -2.26. The summed E-state index contributed by atoms with van der Waals surface area (Å²) < 4.78 is 0. The number of H-pyrrole nitrogens is 1. The second kappa shape index (κ2) is 12.7. The second-order valence-corrected chi connectivity index (χ2v) is 8.01. The van der Waals surface area contributed by atoms with Crippen molar-refractivity contribution in [1.82, 2.24) is 25.9 Å². The highest BCUT2D eigenvalue weighted by Gasteiger charge is 2.31. The van der Waals surface area contributed by atoms with Crippen LogP contribution in [-0.4, -0.2) is 63.4 Å². The highest BCUT2D eigenvalue weighted by molar-refractivity contribution is 5.93. The summed E-state index contributed by atoms with van der Waals surface area (Å²) in [6.07, 6.45) is 3.92. The van der Waals surface area contributed by atoms with Gasteiger partial charge in [0.2, 0.25) is 17.7 Å². The Balaban J connectivity index is 3.05. The van der Waals surface area contributed by atoms with E-state index in [0.717, 1.165) is 0 Å². The summed E-state index contributed by atoms with van der Waals surface area (Å²) in [6, 6.07) is -3.04. The number of imidazole rings is 1. The molecule has 0 aliphatic heterocycles. The van der Waals surface area contributed by atoms with Crippen LogP contribution in [0, 0.1) is 11.8 Å². The van der Waals surface area contributed by atoms with Gasteiger partial charge in [-0.2, -0.15) is 0 Å². The van der Waals surface area contributed by atoms with E-state index in [1.807, 2.05) is 20.8 Å². The number of nitrogens with zero attached hydrogens (tertiary/aromatic N) is 1. The third kappa shape index (κ3) is 8.75. The number of carbonyl (C=O) groups excluding carboxylic acids is 3. The fourth-order valence-electron chi connectivity index (χ4n) is 2.99. The number of aromatic amines is 1. The Hall–Kier alpha value is -2.95. The summed E-state index contributed by atoms with van der Waals surface area (Å²) in [7, 11) is 0. The lowest BCUT2D eigenvalue weighted by molar-refractivity contribution is -0.143. The number of carboxylic acids is 1. The average Bonchev–Trinajstić information content (AvgIpc) is 3.22. The quantitative estimate of drug-likeness (QED) is 0.241. The molecule has 0 aromatic carbocycles. The molecule has 31 heavy (non-hydrogen) atoms. The van der Waals surface area contributed by atoms with Gasteiger partial charge in [0.05, 0.1) is 12.9 Å². The van der Waals surface area contributed by atoms with Crippen LogP contribution in [0.25, 0.3) is 0 Å². The van der Waals surface area contributed by atoms with E-state index in [0.29, 0.717) is 18.5 Å². The monoisotopic (exact) mass is 438 g/mol. The van der Waals surface area contributed by atoms with Gasteiger partial charge in [-0.05, 0) is 18.3 Å². The van der Waals surface area contributed by atoms with Crippen molar-refractivity contribution < 1.29 is 24.3 Å². The van der Waals surface area contributed by atoms with Gasteiger partial charge in [0.15, 0.2) is 0 Å². The normalized spacial score (nSPS) is 14.9. The molecule has 1 aromatic heterocycles. The maximum Gasteiger partial charge on any atom is 0.326 e. The van der Waals surface area contributed by atoms with Gasteiger partial charge in [-0.25, -0.2) is 9.78 Å². The molecule has 1 aromatic rings. The van der Waals surface area contributed by atoms with Crippen LogP contribution in [0.15, 0.2) is 12.5 Å².